The number of rotatable bonds is 0. The van der Waals surface area contributed by atoms with Crippen molar-refractivity contribution in [3.63, 3.8) is 0 Å². The third-order valence-corrected chi connectivity index (χ3v) is 0. The summed E-state index contributed by atoms with van der Waals surface area (Å²) in [6.07, 6.45) is 0. The van der Waals surface area contributed by atoms with Gasteiger partial charge in [0.25, 0.3) is 0 Å². The van der Waals surface area contributed by atoms with Crippen LogP contribution in [0, 0.1) is 0 Å². The Balaban J connectivity index is 0. The van der Waals surface area contributed by atoms with Crippen LogP contribution in [0.1, 0.15) is 0 Å². The van der Waals surface area contributed by atoms with Crippen molar-refractivity contribution in [2.24, 2.45) is 0 Å². The summed E-state index contributed by atoms with van der Waals surface area (Å²) in [4.78, 5) is 0. The standard InChI is InChI=1S/Cu.H2O.H2S.Sr.2H/h;2*1H2;;;. The van der Waals surface area contributed by atoms with Crippen LogP contribution < -0.4 is 0 Å². The Morgan fingerprint density at radius 1 is 1.00 bits per heavy atom. The molecule has 2 N–H and O–H groups in total. The Bertz CT molecular complexity index is 8.00. The first-order valence-electron chi connectivity index (χ1n) is 0. The normalized spacial score (nSPS) is 0. The monoisotopic (exact) mass is 205 g/mol. The summed E-state index contributed by atoms with van der Waals surface area (Å²) in [5, 5.41) is 0. The summed E-state index contributed by atoms with van der Waals surface area (Å²) in [6.45, 7) is 0. The summed E-state index contributed by atoms with van der Waals surface area (Å²) >= 11 is 0. The summed E-state index contributed by atoms with van der Waals surface area (Å²) in [7, 11) is 0. The van der Waals surface area contributed by atoms with E-state index in [2.05, 4.69) is 0 Å². The minimum atomic E-state index is 0. The Morgan fingerprint density at radius 3 is 1.00 bits per heavy atom. The van der Waals surface area contributed by atoms with E-state index in [4.69, 9.17) is 0 Å². The molecule has 0 atom stereocenters. The van der Waals surface area contributed by atoms with Crippen LogP contribution >= 0.6 is 13.5 Å². The molecule has 0 saturated carbocycles. The Hall–Kier alpha value is 2.31. The second-order valence-corrected chi connectivity index (χ2v) is 0. The Kier molecular flexibility index (Phi) is 154. The SMILES string of the molecule is O.S.[Cu].[SrH2]. The zero-order valence-corrected chi connectivity index (χ0v) is 3.24. The van der Waals surface area contributed by atoms with E-state index < -0.39 is 0 Å². The predicted octanol–water partition coefficient (Wildman–Crippen LogP) is -1.63. The van der Waals surface area contributed by atoms with Crippen molar-refractivity contribution in [2.75, 3.05) is 0 Å². The fourth-order valence-corrected chi connectivity index (χ4v) is 0. The van der Waals surface area contributed by atoms with E-state index in [1.54, 1.807) is 0 Å². The van der Waals surface area contributed by atoms with Crippen molar-refractivity contribution in [3.8, 4) is 0 Å². The van der Waals surface area contributed by atoms with Gasteiger partial charge in [-0.15, -0.1) is 0 Å². The first-order chi connectivity index (χ1) is 0. The topological polar surface area (TPSA) is 31.5 Å². The van der Waals surface area contributed by atoms with Crippen LogP contribution in [0.15, 0.2) is 0 Å². The van der Waals surface area contributed by atoms with Gasteiger partial charge in [-0.1, -0.05) is 0 Å². The number of hydrogen-bond donors (Lipinski definition) is 0. The van der Waals surface area contributed by atoms with Crippen molar-refractivity contribution in [1.82, 2.24) is 0 Å². The van der Waals surface area contributed by atoms with Gasteiger partial charge in [0.15, 0.2) is 0 Å². The summed E-state index contributed by atoms with van der Waals surface area (Å²) in [5.74, 6) is 0. The van der Waals surface area contributed by atoms with E-state index in [9.17, 15) is 0 Å². The third-order valence-electron chi connectivity index (χ3n) is 0. The van der Waals surface area contributed by atoms with E-state index in [1.807, 2.05) is 0 Å². The van der Waals surface area contributed by atoms with Crippen molar-refractivity contribution in [1.29, 1.82) is 0 Å². The molecule has 0 amide bonds. The fourth-order valence-electron chi connectivity index (χ4n) is 0. The van der Waals surface area contributed by atoms with Gasteiger partial charge in [0.2, 0.25) is 0 Å². The molecule has 1 nitrogen and oxygen atoms in total. The Morgan fingerprint density at radius 2 is 1.00 bits per heavy atom. The van der Waals surface area contributed by atoms with E-state index in [0.29, 0.717) is 0 Å². The van der Waals surface area contributed by atoms with E-state index >= 15 is 0 Å². The maximum absolute atomic E-state index is 0. The number of hydrogen-bond acceptors (Lipinski definition) is 0. The molecule has 1 radical (unpaired) electrons. The van der Waals surface area contributed by atoms with Crippen molar-refractivity contribution >= 4 is 59.0 Å². The second kappa shape index (κ2) is 18.5. The summed E-state index contributed by atoms with van der Waals surface area (Å²) < 4.78 is 0. The van der Waals surface area contributed by atoms with Gasteiger partial charge in [-0.3, -0.25) is 0 Å². The quantitative estimate of drug-likeness (QED) is 0.425. The predicted molar refractivity (Wildman–Crippen MR) is 22.5 cm³/mol. The average molecular weight is 205 g/mol. The molecule has 4 heteroatoms. The van der Waals surface area contributed by atoms with Gasteiger partial charge >= 0.3 is 45.5 Å². The molecule has 0 aliphatic heterocycles. The van der Waals surface area contributed by atoms with Gasteiger partial charge in [0, 0.05) is 17.1 Å². The fraction of sp³-hybridized carbons (Fsp3) is 0. The first kappa shape index (κ1) is 33.3. The van der Waals surface area contributed by atoms with Crippen LogP contribution in [0.4, 0.5) is 0 Å². The van der Waals surface area contributed by atoms with Crippen LogP contribution in [-0.2, 0) is 17.1 Å². The van der Waals surface area contributed by atoms with Crippen molar-refractivity contribution < 1.29 is 22.5 Å². The van der Waals surface area contributed by atoms with Crippen LogP contribution in [0.2, 0.25) is 0 Å². The molecule has 0 aromatic heterocycles. The van der Waals surface area contributed by atoms with Crippen molar-refractivity contribution in [3.05, 3.63) is 0 Å². The molecule has 0 heterocycles. The molecule has 0 rings (SSSR count). The van der Waals surface area contributed by atoms with Gasteiger partial charge < -0.3 is 5.48 Å². The molecule has 0 bridgehead atoms. The van der Waals surface area contributed by atoms with Gasteiger partial charge in [0.05, 0.1) is 0 Å². The zero-order chi connectivity index (χ0) is 0. The van der Waals surface area contributed by atoms with Gasteiger partial charge in [0.1, 0.15) is 0 Å². The van der Waals surface area contributed by atoms with Crippen LogP contribution in [0.25, 0.3) is 0 Å². The van der Waals surface area contributed by atoms with Crippen molar-refractivity contribution in [2.45, 2.75) is 0 Å². The molecule has 0 spiro atoms. The molecular weight excluding hydrogens is 199 g/mol. The van der Waals surface area contributed by atoms with Crippen LogP contribution in [0.5, 0.6) is 0 Å². The molecule has 0 saturated heterocycles. The molecule has 0 aromatic rings. The molecule has 0 aliphatic rings. The second-order valence-electron chi connectivity index (χ2n) is 0. The van der Waals surface area contributed by atoms with Gasteiger partial charge in [-0.25, -0.2) is 0 Å². The van der Waals surface area contributed by atoms with Gasteiger partial charge in [-0.2, -0.15) is 13.5 Å². The molecule has 0 fully saturated rings. The molecule has 0 unspecified atom stereocenters. The molecule has 0 aromatic carbocycles. The summed E-state index contributed by atoms with van der Waals surface area (Å²) in [6, 6.07) is 0. The van der Waals surface area contributed by atoms with Crippen LogP contribution in [-0.4, -0.2) is 51.0 Å². The summed E-state index contributed by atoms with van der Waals surface area (Å²) in [5.41, 5.74) is 0. The maximum atomic E-state index is 0. The molecule has 31 valence electrons. The van der Waals surface area contributed by atoms with E-state index in [-0.39, 0.29) is 81.5 Å². The molecule has 4 heavy (non-hydrogen) atoms. The molecular formula is H6CuOSSr. The third kappa shape index (κ3) is 8.85. The molecule has 0 aliphatic carbocycles. The Labute approximate surface area is 80.0 Å². The zero-order valence-electron chi connectivity index (χ0n) is 1.30. The first-order valence-corrected chi connectivity index (χ1v) is 0. The van der Waals surface area contributed by atoms with Gasteiger partial charge in [-0.05, 0) is 0 Å². The van der Waals surface area contributed by atoms with E-state index in [1.165, 1.54) is 0 Å². The van der Waals surface area contributed by atoms with E-state index in [0.717, 1.165) is 0 Å². The minimum absolute atomic E-state index is 0. The average Bonchev–Trinajstić information content (AvgIpc) is 0. The van der Waals surface area contributed by atoms with Crippen LogP contribution in [0.3, 0.4) is 0 Å².